The highest BCUT2D eigenvalue weighted by atomic mass is 35.5. The number of nitrogens with one attached hydrogen (secondary N) is 1. The average Bonchev–Trinajstić information content (AvgIpc) is 3.18. The molecule has 112 valence electrons. The van der Waals surface area contributed by atoms with Crippen molar-refractivity contribution in [2.45, 2.75) is 52.6 Å². The van der Waals surface area contributed by atoms with Crippen LogP contribution in [0.1, 0.15) is 46.1 Å². The second kappa shape index (κ2) is 6.31. The van der Waals surface area contributed by atoms with Crippen molar-refractivity contribution in [3.05, 3.63) is 22.8 Å². The fourth-order valence-electron chi connectivity index (χ4n) is 2.13. The standard InChI is InChI=1S/C16H26ClN3/c1-5-20(11-12-6-7-12)15-8-13(14(17)10-18-15)9-19-16(2,3)4/h8,10,12,19H,5-7,9,11H2,1-4H3. The van der Waals surface area contributed by atoms with Gasteiger partial charge < -0.3 is 10.2 Å². The average molecular weight is 296 g/mol. The molecule has 1 N–H and O–H groups in total. The second-order valence-electron chi connectivity index (χ2n) is 6.72. The lowest BCUT2D eigenvalue weighted by molar-refractivity contribution is 0.424. The third-order valence-corrected chi connectivity index (χ3v) is 3.95. The van der Waals surface area contributed by atoms with Crippen molar-refractivity contribution in [1.82, 2.24) is 10.3 Å². The van der Waals surface area contributed by atoms with Crippen molar-refractivity contribution in [1.29, 1.82) is 0 Å². The Hall–Kier alpha value is -0.800. The smallest absolute Gasteiger partial charge is 0.128 e. The van der Waals surface area contributed by atoms with Crippen LogP contribution in [0.25, 0.3) is 0 Å². The maximum atomic E-state index is 6.27. The lowest BCUT2D eigenvalue weighted by Crippen LogP contribution is -2.35. The highest BCUT2D eigenvalue weighted by molar-refractivity contribution is 6.31. The van der Waals surface area contributed by atoms with E-state index >= 15 is 0 Å². The van der Waals surface area contributed by atoms with Crippen LogP contribution >= 0.6 is 11.6 Å². The van der Waals surface area contributed by atoms with E-state index < -0.39 is 0 Å². The van der Waals surface area contributed by atoms with E-state index in [2.05, 4.69) is 49.0 Å². The Kier molecular flexibility index (Phi) is 4.92. The summed E-state index contributed by atoms with van der Waals surface area (Å²) in [5.74, 6) is 1.91. The molecule has 1 aliphatic rings. The number of rotatable bonds is 6. The maximum absolute atomic E-state index is 6.27. The highest BCUT2D eigenvalue weighted by Gasteiger charge is 2.24. The van der Waals surface area contributed by atoms with Gasteiger partial charge >= 0.3 is 0 Å². The zero-order valence-electron chi connectivity index (χ0n) is 13.0. The number of anilines is 1. The third-order valence-electron chi connectivity index (χ3n) is 3.61. The topological polar surface area (TPSA) is 28.2 Å². The Morgan fingerprint density at radius 2 is 2.10 bits per heavy atom. The Bertz CT molecular complexity index is 450. The molecule has 4 heteroatoms. The molecule has 0 aromatic carbocycles. The van der Waals surface area contributed by atoms with E-state index in [1.165, 1.54) is 12.8 Å². The van der Waals surface area contributed by atoms with Gasteiger partial charge in [-0.1, -0.05) is 11.6 Å². The first-order valence-electron chi connectivity index (χ1n) is 7.53. The molecule has 0 bridgehead atoms. The zero-order chi connectivity index (χ0) is 14.8. The molecule has 3 nitrogen and oxygen atoms in total. The number of aromatic nitrogens is 1. The van der Waals surface area contributed by atoms with Crippen molar-refractivity contribution in [3.8, 4) is 0 Å². The Morgan fingerprint density at radius 1 is 1.40 bits per heavy atom. The fourth-order valence-corrected chi connectivity index (χ4v) is 2.30. The number of pyridine rings is 1. The summed E-state index contributed by atoms with van der Waals surface area (Å²) in [6, 6.07) is 2.13. The predicted octanol–water partition coefficient (Wildman–Crippen LogP) is 3.86. The van der Waals surface area contributed by atoms with E-state index in [0.717, 1.165) is 42.0 Å². The molecule has 1 heterocycles. The third kappa shape index (κ3) is 4.64. The van der Waals surface area contributed by atoms with Crippen molar-refractivity contribution >= 4 is 17.4 Å². The maximum Gasteiger partial charge on any atom is 0.128 e. The van der Waals surface area contributed by atoms with Gasteiger partial charge in [-0.3, -0.25) is 0 Å². The molecule has 1 aromatic rings. The predicted molar refractivity (Wildman–Crippen MR) is 86.5 cm³/mol. The van der Waals surface area contributed by atoms with Gasteiger partial charge in [0, 0.05) is 31.4 Å². The lowest BCUT2D eigenvalue weighted by Gasteiger charge is -2.24. The monoisotopic (exact) mass is 295 g/mol. The molecular formula is C16H26ClN3. The van der Waals surface area contributed by atoms with Crippen molar-refractivity contribution in [3.63, 3.8) is 0 Å². The zero-order valence-corrected chi connectivity index (χ0v) is 13.8. The minimum Gasteiger partial charge on any atom is -0.357 e. The van der Waals surface area contributed by atoms with Gasteiger partial charge in [-0.05, 0) is 58.1 Å². The number of hydrogen-bond donors (Lipinski definition) is 1. The molecule has 0 unspecified atom stereocenters. The molecule has 0 aliphatic heterocycles. The Morgan fingerprint density at radius 3 is 2.65 bits per heavy atom. The Labute approximate surface area is 127 Å². The van der Waals surface area contributed by atoms with Gasteiger partial charge in [-0.25, -0.2) is 4.98 Å². The van der Waals surface area contributed by atoms with E-state index in [-0.39, 0.29) is 5.54 Å². The summed E-state index contributed by atoms with van der Waals surface area (Å²) >= 11 is 6.27. The van der Waals surface area contributed by atoms with Crippen molar-refractivity contribution < 1.29 is 0 Å². The van der Waals surface area contributed by atoms with Gasteiger partial charge in [0.2, 0.25) is 0 Å². The van der Waals surface area contributed by atoms with Gasteiger partial charge in [0.25, 0.3) is 0 Å². The van der Waals surface area contributed by atoms with Crippen LogP contribution in [0.15, 0.2) is 12.3 Å². The minimum absolute atomic E-state index is 0.0885. The first-order chi connectivity index (χ1) is 9.39. The van der Waals surface area contributed by atoms with Crippen LogP contribution in [0.5, 0.6) is 0 Å². The molecule has 1 saturated carbocycles. The summed E-state index contributed by atoms with van der Waals surface area (Å²) in [5.41, 5.74) is 1.21. The van der Waals surface area contributed by atoms with Crippen molar-refractivity contribution in [2.24, 2.45) is 5.92 Å². The van der Waals surface area contributed by atoms with Crippen LogP contribution in [0, 0.1) is 5.92 Å². The molecule has 1 aromatic heterocycles. The summed E-state index contributed by atoms with van der Waals surface area (Å²) in [5, 5.41) is 4.23. The SMILES string of the molecule is CCN(CC1CC1)c1cc(CNC(C)(C)C)c(Cl)cn1. The molecule has 2 rings (SSSR count). The molecular weight excluding hydrogens is 270 g/mol. The molecule has 0 saturated heterocycles. The Balaban J connectivity index is 2.09. The molecule has 20 heavy (non-hydrogen) atoms. The van der Waals surface area contributed by atoms with Gasteiger partial charge in [0.05, 0.1) is 5.02 Å². The van der Waals surface area contributed by atoms with Gasteiger partial charge in [-0.15, -0.1) is 0 Å². The van der Waals surface area contributed by atoms with Crippen LogP contribution in [0.2, 0.25) is 5.02 Å². The number of nitrogens with zero attached hydrogens (tertiary/aromatic N) is 2. The van der Waals surface area contributed by atoms with Crippen LogP contribution < -0.4 is 10.2 Å². The minimum atomic E-state index is 0.0885. The van der Waals surface area contributed by atoms with E-state index in [9.17, 15) is 0 Å². The second-order valence-corrected chi connectivity index (χ2v) is 7.13. The molecule has 1 aliphatic carbocycles. The van der Waals surface area contributed by atoms with Crippen molar-refractivity contribution in [2.75, 3.05) is 18.0 Å². The highest BCUT2D eigenvalue weighted by Crippen LogP contribution is 2.31. The summed E-state index contributed by atoms with van der Waals surface area (Å²) in [4.78, 5) is 6.86. The largest absolute Gasteiger partial charge is 0.357 e. The van der Waals surface area contributed by atoms with Crippen LogP contribution in [0.3, 0.4) is 0 Å². The van der Waals surface area contributed by atoms with Gasteiger partial charge in [0.15, 0.2) is 0 Å². The molecule has 0 radical (unpaired) electrons. The molecule has 0 amide bonds. The van der Waals surface area contributed by atoms with Crippen LogP contribution in [-0.4, -0.2) is 23.6 Å². The van der Waals surface area contributed by atoms with E-state index in [1.54, 1.807) is 6.20 Å². The fraction of sp³-hybridized carbons (Fsp3) is 0.688. The van der Waals surface area contributed by atoms with E-state index in [0.29, 0.717) is 0 Å². The van der Waals surface area contributed by atoms with Gasteiger partial charge in [0.1, 0.15) is 5.82 Å². The van der Waals surface area contributed by atoms with Gasteiger partial charge in [-0.2, -0.15) is 0 Å². The van der Waals surface area contributed by atoms with Crippen LogP contribution in [-0.2, 0) is 6.54 Å². The summed E-state index contributed by atoms with van der Waals surface area (Å²) in [7, 11) is 0. The molecule has 0 atom stereocenters. The number of halogens is 1. The molecule has 1 fully saturated rings. The van der Waals surface area contributed by atoms with E-state index in [1.807, 2.05) is 0 Å². The van der Waals surface area contributed by atoms with E-state index in [4.69, 9.17) is 11.6 Å². The first kappa shape index (κ1) is 15.6. The number of hydrogen-bond acceptors (Lipinski definition) is 3. The molecule has 0 spiro atoms. The summed E-state index contributed by atoms with van der Waals surface area (Å²) < 4.78 is 0. The quantitative estimate of drug-likeness (QED) is 0.864. The van der Waals surface area contributed by atoms with Crippen LogP contribution in [0.4, 0.5) is 5.82 Å². The summed E-state index contributed by atoms with van der Waals surface area (Å²) in [6.45, 7) is 11.6. The first-order valence-corrected chi connectivity index (χ1v) is 7.91. The summed E-state index contributed by atoms with van der Waals surface area (Å²) in [6.07, 6.45) is 4.51. The normalized spacial score (nSPS) is 15.4. The lowest BCUT2D eigenvalue weighted by atomic mass is 10.1.